The number of carbonyl (C=O) groups is 2. The van der Waals surface area contributed by atoms with Crippen molar-refractivity contribution in [3.63, 3.8) is 0 Å². The van der Waals surface area contributed by atoms with E-state index in [9.17, 15) is 18.0 Å². The molecule has 9 nitrogen and oxygen atoms in total. The van der Waals surface area contributed by atoms with Gasteiger partial charge in [0.25, 0.3) is 0 Å². The van der Waals surface area contributed by atoms with E-state index in [4.69, 9.17) is 14.8 Å². The fourth-order valence-electron chi connectivity index (χ4n) is 1.29. The number of carboxylic acid groups (broad SMARTS) is 2. The van der Waals surface area contributed by atoms with Crippen molar-refractivity contribution in [1.82, 2.24) is 0 Å². The molecule has 0 saturated carbocycles. The van der Waals surface area contributed by atoms with Crippen LogP contribution < -0.4 is 0 Å². The van der Waals surface area contributed by atoms with Crippen LogP contribution in [0.15, 0.2) is 0 Å². The topological polar surface area (TPSA) is 147 Å². The van der Waals surface area contributed by atoms with Gasteiger partial charge in [0.15, 0.2) is 0 Å². The highest BCUT2D eigenvalue weighted by Crippen LogP contribution is 2.26. The second kappa shape index (κ2) is 6.09. The lowest BCUT2D eigenvalue weighted by atomic mass is 10.2. The first-order valence-electron chi connectivity index (χ1n) is 4.83. The van der Waals surface area contributed by atoms with Crippen molar-refractivity contribution < 1.29 is 42.2 Å². The van der Waals surface area contributed by atoms with E-state index in [1.54, 1.807) is 0 Å². The molecule has 0 aliphatic carbocycles. The van der Waals surface area contributed by atoms with E-state index in [0.29, 0.717) is 0 Å². The van der Waals surface area contributed by atoms with E-state index in [2.05, 4.69) is 9.47 Å². The third kappa shape index (κ3) is 2.96. The number of rotatable bonds is 8. The van der Waals surface area contributed by atoms with Gasteiger partial charge in [-0.1, -0.05) is 0 Å². The zero-order valence-corrected chi connectivity index (χ0v) is 10.5. The largest absolute Gasteiger partial charge is 0.479 e. The summed E-state index contributed by atoms with van der Waals surface area (Å²) in [4.78, 5) is 18.6. The highest BCUT2D eigenvalue weighted by Gasteiger charge is 2.62. The molecule has 2 unspecified atom stereocenters. The third-order valence-electron chi connectivity index (χ3n) is 1.94. The van der Waals surface area contributed by atoms with Gasteiger partial charge in [0.05, 0.1) is 0 Å². The van der Waals surface area contributed by atoms with Crippen molar-refractivity contribution in [3.8, 4) is 0 Å². The van der Waals surface area contributed by atoms with Crippen LogP contribution in [-0.4, -0.2) is 59.4 Å². The van der Waals surface area contributed by atoms with Crippen LogP contribution in [0.3, 0.4) is 0 Å². The smallest absolute Gasteiger partial charge is 0.358 e. The molecule has 18 heavy (non-hydrogen) atoms. The van der Waals surface area contributed by atoms with Crippen LogP contribution in [0.4, 0.5) is 0 Å². The van der Waals surface area contributed by atoms with Gasteiger partial charge >= 0.3 is 27.0 Å². The molecule has 0 aromatic heterocycles. The van der Waals surface area contributed by atoms with Crippen molar-refractivity contribution in [3.05, 3.63) is 0 Å². The summed E-state index contributed by atoms with van der Waals surface area (Å²) in [5, 5.41) is 17.8. The lowest BCUT2D eigenvalue weighted by Gasteiger charge is -2.30. The first-order chi connectivity index (χ1) is 8.15. The number of carboxylic acids is 2. The van der Waals surface area contributed by atoms with E-state index >= 15 is 0 Å². The minimum absolute atomic E-state index is 0.283. The van der Waals surface area contributed by atoms with Gasteiger partial charge in [-0.25, -0.2) is 9.59 Å². The number of ether oxygens (including phenoxy) is 2. The van der Waals surface area contributed by atoms with Crippen molar-refractivity contribution in [2.45, 2.75) is 24.9 Å². The van der Waals surface area contributed by atoms with Crippen LogP contribution in [0.2, 0.25) is 0 Å². The van der Waals surface area contributed by atoms with Crippen LogP contribution >= 0.6 is 0 Å². The molecular formula is C8H14O9S. The molecule has 0 aliphatic heterocycles. The van der Waals surface area contributed by atoms with Crippen molar-refractivity contribution in [2.75, 3.05) is 13.2 Å². The number of aliphatic carboxylic acids is 2. The molecule has 0 fully saturated rings. The lowest BCUT2D eigenvalue weighted by Crippen LogP contribution is -2.61. The molecule has 0 amide bonds. The van der Waals surface area contributed by atoms with Crippen LogP contribution in [0, 0.1) is 0 Å². The summed E-state index contributed by atoms with van der Waals surface area (Å²) in [6.07, 6.45) is -2.39. The normalized spacial score (nSPS) is 16.8. The van der Waals surface area contributed by atoms with Gasteiger partial charge in [0.1, 0.15) is 0 Å². The van der Waals surface area contributed by atoms with E-state index in [0.717, 1.165) is 0 Å². The van der Waals surface area contributed by atoms with Crippen LogP contribution in [0.5, 0.6) is 0 Å². The van der Waals surface area contributed by atoms with Gasteiger partial charge < -0.3 is 19.7 Å². The van der Waals surface area contributed by atoms with Gasteiger partial charge in [-0.05, 0) is 13.8 Å². The molecule has 0 heterocycles. The summed E-state index contributed by atoms with van der Waals surface area (Å²) < 4.78 is 40.5. The summed E-state index contributed by atoms with van der Waals surface area (Å²) in [6, 6.07) is 0. The maximum atomic E-state index is 11.2. The van der Waals surface area contributed by atoms with E-state index < -0.39 is 39.7 Å². The fraction of sp³-hybridized carbons (Fsp3) is 0.750. The maximum absolute atomic E-state index is 11.2. The van der Waals surface area contributed by atoms with E-state index in [1.165, 1.54) is 13.8 Å². The van der Waals surface area contributed by atoms with Gasteiger partial charge in [0.2, 0.25) is 6.10 Å². The molecule has 0 bridgehead atoms. The average molecular weight is 286 g/mol. The zero-order chi connectivity index (χ0) is 14.6. The van der Waals surface area contributed by atoms with Crippen LogP contribution in [0.25, 0.3) is 0 Å². The molecule has 0 saturated heterocycles. The Kier molecular flexibility index (Phi) is 5.67. The Labute approximate surface area is 103 Å². The van der Waals surface area contributed by atoms with Crippen molar-refractivity contribution >= 4 is 22.1 Å². The summed E-state index contributed by atoms with van der Waals surface area (Å²) in [5.74, 6) is -4.06. The van der Waals surface area contributed by atoms with Gasteiger partial charge in [-0.15, -0.1) is 0 Å². The summed E-state index contributed by atoms with van der Waals surface area (Å²) >= 11 is 0. The van der Waals surface area contributed by atoms with Crippen LogP contribution in [0.1, 0.15) is 13.8 Å². The van der Waals surface area contributed by atoms with E-state index in [1.807, 2.05) is 0 Å². The minimum atomic E-state index is -5.38. The predicted octanol–water partition coefficient (Wildman–Crippen LogP) is -0.819. The Morgan fingerprint density at radius 2 is 1.72 bits per heavy atom. The van der Waals surface area contributed by atoms with Gasteiger partial charge in [-0.2, -0.15) is 8.42 Å². The van der Waals surface area contributed by atoms with Gasteiger partial charge in [-0.3, -0.25) is 4.55 Å². The minimum Gasteiger partial charge on any atom is -0.479 e. The molecule has 2 atom stereocenters. The Bertz CT molecular complexity index is 414. The Hall–Kier alpha value is -1.23. The second-order valence-electron chi connectivity index (χ2n) is 3.05. The first-order valence-corrected chi connectivity index (χ1v) is 6.27. The Morgan fingerprint density at radius 1 is 1.22 bits per heavy atom. The molecule has 3 N–H and O–H groups in total. The van der Waals surface area contributed by atoms with Crippen molar-refractivity contribution in [2.24, 2.45) is 0 Å². The number of hydrogen-bond acceptors (Lipinski definition) is 6. The highest BCUT2D eigenvalue weighted by molar-refractivity contribution is 7.88. The molecular weight excluding hydrogens is 272 g/mol. The predicted molar refractivity (Wildman–Crippen MR) is 56.6 cm³/mol. The molecule has 10 heteroatoms. The quantitative estimate of drug-likeness (QED) is 0.486. The molecule has 0 aromatic rings. The van der Waals surface area contributed by atoms with Crippen molar-refractivity contribution in [1.29, 1.82) is 0 Å². The van der Waals surface area contributed by atoms with Gasteiger partial charge in [0, 0.05) is 13.2 Å². The number of hydrogen-bond donors (Lipinski definition) is 3. The molecule has 106 valence electrons. The fourth-order valence-corrected chi connectivity index (χ4v) is 2.22. The third-order valence-corrected chi connectivity index (χ3v) is 3.22. The summed E-state index contributed by atoms with van der Waals surface area (Å²) in [6.45, 7) is 1.84. The molecule has 0 spiro atoms. The molecule has 0 rings (SSSR count). The van der Waals surface area contributed by atoms with Crippen LogP contribution in [-0.2, 0) is 29.2 Å². The molecule has 0 aliphatic rings. The zero-order valence-electron chi connectivity index (χ0n) is 9.69. The Balaban J connectivity index is 5.98. The SMILES string of the molecule is CCOC(C(=O)O)C(OCC)(C(=O)O)S(=O)(=O)O. The first kappa shape index (κ1) is 16.8. The summed E-state index contributed by atoms with van der Waals surface area (Å²) in [5.41, 5.74) is 0. The second-order valence-corrected chi connectivity index (χ2v) is 4.61. The average Bonchev–Trinajstić information content (AvgIpc) is 2.20. The molecule has 0 aromatic carbocycles. The summed E-state index contributed by atoms with van der Waals surface area (Å²) in [7, 11) is -5.38. The lowest BCUT2D eigenvalue weighted by molar-refractivity contribution is -0.183. The monoisotopic (exact) mass is 286 g/mol. The molecule has 0 radical (unpaired) electrons. The maximum Gasteiger partial charge on any atom is 0.358 e. The Morgan fingerprint density at radius 3 is 1.94 bits per heavy atom. The van der Waals surface area contributed by atoms with E-state index in [-0.39, 0.29) is 6.61 Å². The standard InChI is InChI=1S/C8H14O9S/c1-3-16-5(6(9)10)8(7(11)12,17-4-2)18(13,14)15/h5H,3-4H2,1-2H3,(H,9,10)(H,11,12)(H,13,14,15). The highest BCUT2D eigenvalue weighted by atomic mass is 32.2.